The fourth-order valence-corrected chi connectivity index (χ4v) is 2.55. The number of amidine groups is 1. The average Bonchev–Trinajstić information content (AvgIpc) is 2.60. The first-order valence-corrected chi connectivity index (χ1v) is 7.10. The van der Waals surface area contributed by atoms with Crippen LogP contribution in [0.15, 0.2) is 18.2 Å². The van der Waals surface area contributed by atoms with Crippen LogP contribution in [0.5, 0.6) is 5.75 Å². The van der Waals surface area contributed by atoms with Gasteiger partial charge >= 0.3 is 0 Å². The van der Waals surface area contributed by atoms with Crippen LogP contribution < -0.4 is 9.64 Å². The highest BCUT2D eigenvalue weighted by Crippen LogP contribution is 2.36. The van der Waals surface area contributed by atoms with Gasteiger partial charge in [0.1, 0.15) is 11.4 Å². The van der Waals surface area contributed by atoms with Gasteiger partial charge in [0.05, 0.1) is 11.4 Å². The van der Waals surface area contributed by atoms with Gasteiger partial charge in [0.15, 0.2) is 5.17 Å². The first-order valence-electron chi connectivity index (χ1n) is 6.12. The highest BCUT2D eigenvalue weighted by molar-refractivity contribution is 8.15. The Bertz CT molecular complexity index is 519. The standard InChI is InChI=1S/C14H18N2O2S/c1-9-5-6-11(18-14(2,3)4)10(7-9)16-12(17)8-19-13(16)15/h5-7,15H,8H2,1-4H3. The van der Waals surface area contributed by atoms with E-state index in [0.29, 0.717) is 17.2 Å². The molecule has 0 spiro atoms. The van der Waals surface area contributed by atoms with Crippen molar-refractivity contribution in [1.29, 1.82) is 5.41 Å². The maximum Gasteiger partial charge on any atom is 0.243 e. The molecule has 1 fully saturated rings. The van der Waals surface area contributed by atoms with E-state index in [-0.39, 0.29) is 16.7 Å². The molecule has 1 aromatic rings. The van der Waals surface area contributed by atoms with Crippen LogP contribution in [0, 0.1) is 12.3 Å². The largest absolute Gasteiger partial charge is 0.486 e. The number of nitrogens with zero attached hydrogens (tertiary/aromatic N) is 1. The highest BCUT2D eigenvalue weighted by Gasteiger charge is 2.31. The predicted molar refractivity (Wildman–Crippen MR) is 79.2 cm³/mol. The van der Waals surface area contributed by atoms with E-state index >= 15 is 0 Å². The summed E-state index contributed by atoms with van der Waals surface area (Å²) in [4.78, 5) is 13.4. The zero-order valence-corrected chi connectivity index (χ0v) is 12.4. The monoisotopic (exact) mass is 278 g/mol. The molecule has 1 aliphatic rings. The molecule has 0 bridgehead atoms. The average molecular weight is 278 g/mol. The van der Waals surface area contributed by atoms with Crippen molar-refractivity contribution in [2.24, 2.45) is 0 Å². The number of thioether (sulfide) groups is 1. The topological polar surface area (TPSA) is 53.4 Å². The Kier molecular flexibility index (Phi) is 3.58. The molecule has 4 nitrogen and oxygen atoms in total. The van der Waals surface area contributed by atoms with Crippen LogP contribution in [0.3, 0.4) is 0 Å². The van der Waals surface area contributed by atoms with Crippen molar-refractivity contribution >= 4 is 28.5 Å². The predicted octanol–water partition coefficient (Wildman–Crippen LogP) is 3.19. The third-order valence-corrected chi connectivity index (χ3v) is 3.40. The van der Waals surface area contributed by atoms with Gasteiger partial charge in [-0.15, -0.1) is 0 Å². The maximum absolute atomic E-state index is 11.9. The van der Waals surface area contributed by atoms with Gasteiger partial charge in [-0.25, -0.2) is 0 Å². The zero-order chi connectivity index (χ0) is 14.2. The molecule has 0 saturated carbocycles. The summed E-state index contributed by atoms with van der Waals surface area (Å²) in [6, 6.07) is 5.70. The molecule has 0 radical (unpaired) electrons. The fraction of sp³-hybridized carbons (Fsp3) is 0.429. The molecule has 102 valence electrons. The molecule has 1 aliphatic heterocycles. The SMILES string of the molecule is Cc1ccc(OC(C)(C)C)c(N2C(=N)SCC2=O)c1. The van der Waals surface area contributed by atoms with Gasteiger partial charge in [-0.1, -0.05) is 17.8 Å². The normalized spacial score (nSPS) is 16.1. The summed E-state index contributed by atoms with van der Waals surface area (Å²) >= 11 is 1.24. The van der Waals surface area contributed by atoms with Crippen molar-refractivity contribution in [2.45, 2.75) is 33.3 Å². The number of nitrogens with one attached hydrogen (secondary N) is 1. The highest BCUT2D eigenvalue weighted by atomic mass is 32.2. The minimum absolute atomic E-state index is 0.0700. The van der Waals surface area contributed by atoms with E-state index in [1.165, 1.54) is 16.7 Å². The van der Waals surface area contributed by atoms with Gasteiger partial charge in [0.25, 0.3) is 0 Å². The summed E-state index contributed by atoms with van der Waals surface area (Å²) in [5.74, 6) is 0.889. The van der Waals surface area contributed by atoms with Crippen molar-refractivity contribution in [3.63, 3.8) is 0 Å². The number of rotatable bonds is 2. The Morgan fingerprint density at radius 3 is 2.58 bits per heavy atom. The molecule has 0 unspecified atom stereocenters. The number of hydrogen-bond donors (Lipinski definition) is 1. The number of ether oxygens (including phenoxy) is 1. The Hall–Kier alpha value is -1.49. The molecular formula is C14H18N2O2S. The van der Waals surface area contributed by atoms with Gasteiger partial charge in [0, 0.05) is 0 Å². The minimum Gasteiger partial charge on any atom is -0.486 e. The third kappa shape index (κ3) is 3.10. The van der Waals surface area contributed by atoms with Crippen molar-refractivity contribution in [3.05, 3.63) is 23.8 Å². The molecule has 1 heterocycles. The van der Waals surface area contributed by atoms with Crippen molar-refractivity contribution in [2.75, 3.05) is 10.7 Å². The third-order valence-electron chi connectivity index (χ3n) is 2.56. The smallest absolute Gasteiger partial charge is 0.243 e. The molecule has 19 heavy (non-hydrogen) atoms. The second-order valence-electron chi connectivity index (χ2n) is 5.51. The van der Waals surface area contributed by atoms with Gasteiger partial charge in [-0.3, -0.25) is 15.1 Å². The van der Waals surface area contributed by atoms with Crippen molar-refractivity contribution in [1.82, 2.24) is 0 Å². The van der Waals surface area contributed by atoms with E-state index in [4.69, 9.17) is 10.1 Å². The number of aryl methyl sites for hydroxylation is 1. The number of amides is 1. The molecule has 1 amide bonds. The van der Waals surface area contributed by atoms with Crippen LogP contribution in [0.4, 0.5) is 5.69 Å². The zero-order valence-electron chi connectivity index (χ0n) is 11.6. The van der Waals surface area contributed by atoms with E-state index in [9.17, 15) is 4.79 Å². The Balaban J connectivity index is 2.45. The van der Waals surface area contributed by atoms with Gasteiger partial charge < -0.3 is 4.74 Å². The molecule has 5 heteroatoms. The lowest BCUT2D eigenvalue weighted by molar-refractivity contribution is -0.115. The first kappa shape index (κ1) is 13.9. The minimum atomic E-state index is -0.345. The molecule has 1 N–H and O–H groups in total. The van der Waals surface area contributed by atoms with Crippen molar-refractivity contribution < 1.29 is 9.53 Å². The van der Waals surface area contributed by atoms with E-state index < -0.39 is 0 Å². The number of carbonyl (C=O) groups excluding carboxylic acids is 1. The molecular weight excluding hydrogens is 260 g/mol. The number of carbonyl (C=O) groups is 1. The van der Waals surface area contributed by atoms with E-state index in [1.807, 2.05) is 45.9 Å². The Morgan fingerprint density at radius 1 is 1.37 bits per heavy atom. The number of anilines is 1. The molecule has 0 atom stereocenters. The van der Waals surface area contributed by atoms with E-state index in [1.54, 1.807) is 0 Å². The summed E-state index contributed by atoms with van der Waals surface area (Å²) in [5, 5.41) is 8.14. The molecule has 1 aromatic carbocycles. The molecule has 0 aliphatic carbocycles. The Labute approximate surface area is 117 Å². The summed E-state index contributed by atoms with van der Waals surface area (Å²) in [6.45, 7) is 7.84. The second kappa shape index (κ2) is 4.89. The lowest BCUT2D eigenvalue weighted by Crippen LogP contribution is -2.31. The van der Waals surface area contributed by atoms with E-state index in [0.717, 1.165) is 5.56 Å². The number of hydrogen-bond acceptors (Lipinski definition) is 4. The van der Waals surface area contributed by atoms with Crippen LogP contribution in [0.25, 0.3) is 0 Å². The molecule has 1 saturated heterocycles. The molecule has 0 aromatic heterocycles. The van der Waals surface area contributed by atoms with Crippen LogP contribution >= 0.6 is 11.8 Å². The lowest BCUT2D eigenvalue weighted by atomic mass is 10.1. The van der Waals surface area contributed by atoms with Crippen molar-refractivity contribution in [3.8, 4) is 5.75 Å². The van der Waals surface area contributed by atoms with Gasteiger partial charge in [-0.2, -0.15) is 0 Å². The quantitative estimate of drug-likeness (QED) is 0.904. The van der Waals surface area contributed by atoms with Gasteiger partial charge in [0.2, 0.25) is 5.91 Å². The van der Waals surface area contributed by atoms with Crippen LogP contribution in [-0.2, 0) is 4.79 Å². The summed E-state index contributed by atoms with van der Waals surface area (Å²) < 4.78 is 5.90. The van der Waals surface area contributed by atoms with Crippen LogP contribution in [0.2, 0.25) is 0 Å². The summed E-state index contributed by atoms with van der Waals surface area (Å²) in [5.41, 5.74) is 1.35. The van der Waals surface area contributed by atoms with Crippen LogP contribution in [-0.4, -0.2) is 22.4 Å². The van der Waals surface area contributed by atoms with E-state index in [2.05, 4.69) is 0 Å². The summed E-state index contributed by atoms with van der Waals surface area (Å²) in [7, 11) is 0. The summed E-state index contributed by atoms with van der Waals surface area (Å²) in [6.07, 6.45) is 0. The second-order valence-corrected chi connectivity index (χ2v) is 6.47. The first-order chi connectivity index (χ1) is 8.78. The fourth-order valence-electron chi connectivity index (χ4n) is 1.83. The molecule has 2 rings (SSSR count). The van der Waals surface area contributed by atoms with Crippen LogP contribution in [0.1, 0.15) is 26.3 Å². The lowest BCUT2D eigenvalue weighted by Gasteiger charge is -2.26. The van der Waals surface area contributed by atoms with Gasteiger partial charge in [-0.05, 0) is 45.4 Å². The maximum atomic E-state index is 11.9. The Morgan fingerprint density at radius 2 is 2.05 bits per heavy atom. The number of benzene rings is 1.